The third-order valence-electron chi connectivity index (χ3n) is 4.78. The van der Waals surface area contributed by atoms with Gasteiger partial charge in [-0.25, -0.2) is 8.42 Å². The van der Waals surface area contributed by atoms with Crippen molar-refractivity contribution in [1.82, 2.24) is 0 Å². The molecule has 0 bridgehead atoms. The molecular formula is C21H42Na2O4S. The van der Waals surface area contributed by atoms with Gasteiger partial charge in [-0.2, -0.15) is 0 Å². The second kappa shape index (κ2) is 23.5. The second-order valence-electron chi connectivity index (χ2n) is 7.68. The van der Waals surface area contributed by atoms with E-state index in [1.807, 2.05) is 6.92 Å². The Hall–Kier alpha value is 1.87. The maximum absolute atomic E-state index is 10.6. The van der Waals surface area contributed by atoms with Gasteiger partial charge in [-0.1, -0.05) is 103 Å². The minimum atomic E-state index is -4.26. The van der Waals surface area contributed by atoms with Gasteiger partial charge in [-0.3, -0.25) is 0 Å². The van der Waals surface area contributed by atoms with E-state index in [0.29, 0.717) is 0 Å². The van der Waals surface area contributed by atoms with Crippen molar-refractivity contribution in [2.75, 3.05) is 5.75 Å². The predicted octanol–water partition coefficient (Wildman–Crippen LogP) is 0.0188. The fraction of sp³-hybridized carbons (Fsp3) is 0.952. The summed E-state index contributed by atoms with van der Waals surface area (Å²) in [5.41, 5.74) is 0. The SMILES string of the molecule is [CH2-]C(CS(=O)(=O)[O-])OC(C)CCCCCCCCCCCCCCCC.[Na+].[Na+]. The Morgan fingerprint density at radius 3 is 1.50 bits per heavy atom. The van der Waals surface area contributed by atoms with E-state index >= 15 is 0 Å². The molecule has 0 fully saturated rings. The second-order valence-corrected chi connectivity index (χ2v) is 9.13. The molecule has 0 rings (SSSR count). The molecule has 2 unspecified atom stereocenters. The Morgan fingerprint density at radius 1 is 0.786 bits per heavy atom. The van der Waals surface area contributed by atoms with Crippen molar-refractivity contribution in [2.24, 2.45) is 0 Å². The van der Waals surface area contributed by atoms with Gasteiger partial charge in [0.25, 0.3) is 0 Å². The van der Waals surface area contributed by atoms with Gasteiger partial charge >= 0.3 is 59.1 Å². The molecule has 4 nitrogen and oxygen atoms in total. The molecule has 0 aromatic carbocycles. The molecular weight excluding hydrogens is 394 g/mol. The average Bonchev–Trinajstić information content (AvgIpc) is 2.53. The van der Waals surface area contributed by atoms with E-state index in [0.717, 1.165) is 12.8 Å². The Kier molecular flexibility index (Phi) is 29.0. The number of rotatable bonds is 19. The van der Waals surface area contributed by atoms with Crippen LogP contribution in [0.3, 0.4) is 0 Å². The maximum atomic E-state index is 10.6. The van der Waals surface area contributed by atoms with E-state index < -0.39 is 22.0 Å². The predicted molar refractivity (Wildman–Crippen MR) is 109 cm³/mol. The number of unbranched alkanes of at least 4 members (excludes halogenated alkanes) is 13. The first-order valence-electron chi connectivity index (χ1n) is 10.8. The van der Waals surface area contributed by atoms with Crippen molar-refractivity contribution in [3.05, 3.63) is 6.92 Å². The van der Waals surface area contributed by atoms with Crippen LogP contribution in [0.1, 0.15) is 110 Å². The van der Waals surface area contributed by atoms with Crippen LogP contribution in [-0.4, -0.2) is 30.9 Å². The summed E-state index contributed by atoms with van der Waals surface area (Å²) in [6.45, 7) is 7.76. The van der Waals surface area contributed by atoms with Crippen molar-refractivity contribution < 1.29 is 76.8 Å². The Morgan fingerprint density at radius 2 is 1.14 bits per heavy atom. The third kappa shape index (κ3) is 27.9. The van der Waals surface area contributed by atoms with E-state index in [-0.39, 0.29) is 65.2 Å². The molecule has 0 aromatic rings. The van der Waals surface area contributed by atoms with Gasteiger partial charge in [0.05, 0.1) is 16.2 Å². The number of hydrogen-bond donors (Lipinski definition) is 0. The van der Waals surface area contributed by atoms with Gasteiger partial charge in [0, 0.05) is 5.75 Å². The van der Waals surface area contributed by atoms with Crippen molar-refractivity contribution >= 4 is 10.1 Å². The summed E-state index contributed by atoms with van der Waals surface area (Å²) in [6, 6.07) is 0. The van der Waals surface area contributed by atoms with Gasteiger partial charge in [-0.05, 0) is 13.3 Å². The van der Waals surface area contributed by atoms with E-state index in [2.05, 4.69) is 13.8 Å². The molecule has 7 heteroatoms. The average molecular weight is 437 g/mol. The Balaban J connectivity index is -0.00000312. The van der Waals surface area contributed by atoms with Crippen LogP contribution in [0.5, 0.6) is 0 Å². The molecule has 0 spiro atoms. The van der Waals surface area contributed by atoms with Crippen LogP contribution in [0.4, 0.5) is 0 Å². The van der Waals surface area contributed by atoms with Crippen LogP contribution in [0.2, 0.25) is 0 Å². The first kappa shape index (κ1) is 34.5. The molecule has 2 atom stereocenters. The van der Waals surface area contributed by atoms with E-state index in [4.69, 9.17) is 4.74 Å². The van der Waals surface area contributed by atoms with E-state index in [9.17, 15) is 13.0 Å². The van der Waals surface area contributed by atoms with Crippen molar-refractivity contribution in [3.63, 3.8) is 0 Å². The van der Waals surface area contributed by atoms with Crippen LogP contribution >= 0.6 is 0 Å². The molecule has 0 radical (unpaired) electrons. The van der Waals surface area contributed by atoms with Gasteiger partial charge in [0.15, 0.2) is 0 Å². The summed E-state index contributed by atoms with van der Waals surface area (Å²) < 4.78 is 37.4. The van der Waals surface area contributed by atoms with Gasteiger partial charge in [-0.15, -0.1) is 0 Å². The Labute approximate surface area is 220 Å². The van der Waals surface area contributed by atoms with E-state index in [1.54, 1.807) is 0 Å². The molecule has 28 heavy (non-hydrogen) atoms. The van der Waals surface area contributed by atoms with E-state index in [1.165, 1.54) is 83.5 Å². The first-order chi connectivity index (χ1) is 12.3. The minimum absolute atomic E-state index is 0. The standard InChI is InChI=1S/C21H43O4S.2Na/c1-4-5-6-7-8-9-10-11-12-13-14-15-16-17-18-20(2)25-21(3)19-26(22,23)24;;/h20-21H,3-19H2,1-2H3,(H,22,23,24);;/q-1;2*+1/p-1. The smallest absolute Gasteiger partial charge is 0.748 e. The van der Waals surface area contributed by atoms with Crippen LogP contribution in [0, 0.1) is 6.92 Å². The van der Waals surface area contributed by atoms with Crippen LogP contribution in [0.15, 0.2) is 0 Å². The van der Waals surface area contributed by atoms with Gasteiger partial charge in [0.2, 0.25) is 0 Å². The number of ether oxygens (including phenoxy) is 1. The largest absolute Gasteiger partial charge is 1.00 e. The molecule has 0 aliphatic carbocycles. The monoisotopic (exact) mass is 436 g/mol. The molecule has 0 saturated carbocycles. The Bertz CT molecular complexity index is 405. The molecule has 0 aliphatic heterocycles. The summed E-state index contributed by atoms with van der Waals surface area (Å²) in [7, 11) is -4.26. The number of hydrogen-bond acceptors (Lipinski definition) is 4. The maximum Gasteiger partial charge on any atom is 1.00 e. The zero-order valence-corrected chi connectivity index (χ0v) is 24.0. The molecule has 0 aliphatic rings. The summed E-state index contributed by atoms with van der Waals surface area (Å²) in [5, 5.41) is 0. The van der Waals surface area contributed by atoms with Crippen molar-refractivity contribution in [3.8, 4) is 0 Å². The summed E-state index contributed by atoms with van der Waals surface area (Å²) >= 11 is 0. The zero-order chi connectivity index (χ0) is 19.7. The normalized spacial score (nSPS) is 13.4. The molecule has 158 valence electrons. The van der Waals surface area contributed by atoms with Gasteiger partial charge < -0.3 is 16.2 Å². The van der Waals surface area contributed by atoms with Crippen LogP contribution in [-0.2, 0) is 14.9 Å². The fourth-order valence-electron chi connectivity index (χ4n) is 3.29. The summed E-state index contributed by atoms with van der Waals surface area (Å²) in [4.78, 5) is 0. The van der Waals surface area contributed by atoms with Crippen LogP contribution in [0.25, 0.3) is 0 Å². The minimum Gasteiger partial charge on any atom is -0.748 e. The van der Waals surface area contributed by atoms with Crippen LogP contribution < -0.4 is 59.1 Å². The summed E-state index contributed by atoms with van der Waals surface area (Å²) in [5.74, 6) is -0.546. The van der Waals surface area contributed by atoms with Crippen molar-refractivity contribution in [2.45, 2.75) is 122 Å². The topological polar surface area (TPSA) is 66.4 Å². The quantitative estimate of drug-likeness (QED) is 0.124. The molecule has 0 heterocycles. The molecule has 0 N–H and O–H groups in total. The fourth-order valence-corrected chi connectivity index (χ4v) is 3.82. The van der Waals surface area contributed by atoms with Crippen molar-refractivity contribution in [1.29, 1.82) is 0 Å². The van der Waals surface area contributed by atoms with Gasteiger partial charge in [0.1, 0.15) is 0 Å². The molecule has 0 aromatic heterocycles. The zero-order valence-electron chi connectivity index (χ0n) is 19.2. The molecule has 0 amide bonds. The third-order valence-corrected chi connectivity index (χ3v) is 5.56. The first-order valence-corrected chi connectivity index (χ1v) is 12.3. The summed E-state index contributed by atoms with van der Waals surface area (Å²) in [6.07, 6.45) is 18.7. The molecule has 0 saturated heterocycles.